The molecule has 1 saturated heterocycles. The number of hydrogen-bond acceptors (Lipinski definition) is 3. The van der Waals surface area contributed by atoms with E-state index in [4.69, 9.17) is 4.74 Å². The first-order valence-corrected chi connectivity index (χ1v) is 8.94. The molecule has 2 aliphatic heterocycles. The highest BCUT2D eigenvalue weighted by atomic mass is 32.2. The number of fused-ring (bicyclic) bond motifs is 2. The van der Waals surface area contributed by atoms with Gasteiger partial charge < -0.3 is 4.74 Å². The summed E-state index contributed by atoms with van der Waals surface area (Å²) in [4.78, 5) is 0. The van der Waals surface area contributed by atoms with Crippen molar-refractivity contribution in [1.82, 2.24) is 0 Å². The van der Waals surface area contributed by atoms with Crippen LogP contribution in [0.3, 0.4) is 0 Å². The first-order valence-electron chi connectivity index (χ1n) is 6.96. The molecule has 20 heavy (non-hydrogen) atoms. The van der Waals surface area contributed by atoms with Crippen LogP contribution in [-0.2, 0) is 4.08 Å². The molecule has 1 atom stereocenters. The standard InChI is InChI=1S/C17H16OS2/c1-2-6-13(7-3-1)16-12-17(19-10-11-20-17)14-8-4-5-9-15(14)18-16/h1-9,16H,10-12H2/t16-/m1/s1. The van der Waals surface area contributed by atoms with Gasteiger partial charge in [0.05, 0.1) is 4.08 Å². The number of para-hydroxylation sites is 1. The second-order valence-electron chi connectivity index (χ2n) is 5.17. The third kappa shape index (κ3) is 2.04. The summed E-state index contributed by atoms with van der Waals surface area (Å²) >= 11 is 4.18. The van der Waals surface area contributed by atoms with Gasteiger partial charge in [0.2, 0.25) is 0 Å². The fraction of sp³-hybridized carbons (Fsp3) is 0.294. The van der Waals surface area contributed by atoms with E-state index >= 15 is 0 Å². The fourth-order valence-corrected chi connectivity index (χ4v) is 6.36. The normalized spacial score (nSPS) is 23.3. The minimum Gasteiger partial charge on any atom is -0.485 e. The Bertz CT molecular complexity index is 605. The molecular formula is C17H16OS2. The van der Waals surface area contributed by atoms with Gasteiger partial charge in [0, 0.05) is 23.5 Å². The van der Waals surface area contributed by atoms with Gasteiger partial charge in [0.15, 0.2) is 0 Å². The number of ether oxygens (including phenoxy) is 1. The largest absolute Gasteiger partial charge is 0.485 e. The summed E-state index contributed by atoms with van der Waals surface area (Å²) in [7, 11) is 0. The molecule has 2 aromatic rings. The van der Waals surface area contributed by atoms with Gasteiger partial charge in [-0.1, -0.05) is 48.5 Å². The van der Waals surface area contributed by atoms with E-state index in [0.29, 0.717) is 0 Å². The van der Waals surface area contributed by atoms with Gasteiger partial charge in [-0.05, 0) is 11.6 Å². The molecule has 1 spiro atoms. The van der Waals surface area contributed by atoms with Crippen molar-refractivity contribution in [1.29, 1.82) is 0 Å². The maximum atomic E-state index is 6.28. The minimum atomic E-state index is 0.171. The Balaban J connectivity index is 1.78. The highest BCUT2D eigenvalue weighted by molar-refractivity contribution is 8.20. The Morgan fingerprint density at radius 1 is 0.900 bits per heavy atom. The van der Waals surface area contributed by atoms with Crippen LogP contribution in [0.1, 0.15) is 23.7 Å². The van der Waals surface area contributed by atoms with Crippen molar-refractivity contribution in [2.75, 3.05) is 11.5 Å². The summed E-state index contributed by atoms with van der Waals surface area (Å²) in [5.74, 6) is 3.54. The van der Waals surface area contributed by atoms with E-state index in [1.807, 2.05) is 0 Å². The van der Waals surface area contributed by atoms with Crippen molar-refractivity contribution < 1.29 is 4.74 Å². The van der Waals surface area contributed by atoms with Crippen LogP contribution in [-0.4, -0.2) is 11.5 Å². The molecule has 0 N–H and O–H groups in total. The molecule has 0 bridgehead atoms. The molecule has 2 aliphatic rings. The van der Waals surface area contributed by atoms with Gasteiger partial charge in [-0.2, -0.15) is 0 Å². The number of benzene rings is 2. The van der Waals surface area contributed by atoms with Gasteiger partial charge in [0.25, 0.3) is 0 Å². The monoisotopic (exact) mass is 300 g/mol. The second-order valence-corrected chi connectivity index (χ2v) is 8.21. The van der Waals surface area contributed by atoms with Crippen molar-refractivity contribution in [2.45, 2.75) is 16.6 Å². The Hall–Kier alpha value is -1.06. The number of hydrogen-bond donors (Lipinski definition) is 0. The molecule has 3 heteroatoms. The van der Waals surface area contributed by atoms with Gasteiger partial charge in [-0.3, -0.25) is 0 Å². The van der Waals surface area contributed by atoms with Gasteiger partial charge in [-0.15, -0.1) is 23.5 Å². The number of rotatable bonds is 1. The molecule has 1 nitrogen and oxygen atoms in total. The van der Waals surface area contributed by atoms with Crippen LogP contribution >= 0.6 is 23.5 Å². The predicted octanol–water partition coefficient (Wildman–Crippen LogP) is 4.84. The van der Waals surface area contributed by atoms with Crippen LogP contribution in [0.4, 0.5) is 0 Å². The maximum absolute atomic E-state index is 6.28. The van der Waals surface area contributed by atoms with Gasteiger partial charge in [-0.25, -0.2) is 0 Å². The van der Waals surface area contributed by atoms with Crippen LogP contribution in [0.5, 0.6) is 5.75 Å². The lowest BCUT2D eigenvalue weighted by atomic mass is 9.96. The molecule has 0 aliphatic carbocycles. The smallest absolute Gasteiger partial charge is 0.126 e. The Labute approximate surface area is 128 Å². The van der Waals surface area contributed by atoms with Crippen LogP contribution in [0.15, 0.2) is 54.6 Å². The van der Waals surface area contributed by atoms with Gasteiger partial charge in [0.1, 0.15) is 11.9 Å². The van der Waals surface area contributed by atoms with E-state index < -0.39 is 0 Å². The van der Waals surface area contributed by atoms with Crippen LogP contribution in [0.25, 0.3) is 0 Å². The molecule has 0 amide bonds. The highest BCUT2D eigenvalue weighted by Gasteiger charge is 2.45. The number of thioether (sulfide) groups is 2. The van der Waals surface area contributed by atoms with Crippen molar-refractivity contribution >= 4 is 23.5 Å². The molecule has 0 radical (unpaired) electrons. The SMILES string of the molecule is c1ccc([C@H]2CC3(SCCS3)c3ccccc3O2)cc1. The van der Waals surface area contributed by atoms with Gasteiger partial charge >= 0.3 is 0 Å². The van der Waals surface area contributed by atoms with E-state index in [0.717, 1.165) is 12.2 Å². The Morgan fingerprint density at radius 2 is 1.60 bits per heavy atom. The second kappa shape index (κ2) is 5.05. The third-order valence-electron chi connectivity index (χ3n) is 3.95. The average Bonchev–Trinajstić information content (AvgIpc) is 2.97. The zero-order valence-corrected chi connectivity index (χ0v) is 12.8. The predicted molar refractivity (Wildman–Crippen MR) is 87.5 cm³/mol. The van der Waals surface area contributed by atoms with Crippen molar-refractivity contribution in [3.8, 4) is 5.75 Å². The summed E-state index contributed by atoms with van der Waals surface area (Å²) in [6, 6.07) is 19.2. The van der Waals surface area contributed by atoms with E-state index in [1.165, 1.54) is 22.6 Å². The van der Waals surface area contributed by atoms with Crippen molar-refractivity contribution in [2.24, 2.45) is 0 Å². The Kier molecular flexibility index (Phi) is 3.20. The molecule has 1 fully saturated rings. The molecule has 2 aromatic carbocycles. The van der Waals surface area contributed by atoms with Crippen molar-refractivity contribution in [3.63, 3.8) is 0 Å². The van der Waals surface area contributed by atoms with Crippen LogP contribution in [0, 0.1) is 0 Å². The summed E-state index contributed by atoms with van der Waals surface area (Å²) in [6.45, 7) is 0. The fourth-order valence-electron chi connectivity index (χ4n) is 3.01. The summed E-state index contributed by atoms with van der Waals surface area (Å²) in [6.07, 6.45) is 1.23. The molecule has 102 valence electrons. The molecular weight excluding hydrogens is 284 g/mol. The first-order chi connectivity index (χ1) is 9.87. The zero-order valence-electron chi connectivity index (χ0n) is 11.1. The van der Waals surface area contributed by atoms with E-state index in [9.17, 15) is 0 Å². The summed E-state index contributed by atoms with van der Waals surface area (Å²) in [5, 5.41) is 0. The van der Waals surface area contributed by atoms with E-state index in [1.54, 1.807) is 0 Å². The first kappa shape index (κ1) is 12.7. The molecule has 2 heterocycles. The lowest BCUT2D eigenvalue weighted by molar-refractivity contribution is 0.170. The summed E-state index contributed by atoms with van der Waals surface area (Å²) in [5.41, 5.74) is 2.66. The van der Waals surface area contributed by atoms with E-state index in [2.05, 4.69) is 78.1 Å². The van der Waals surface area contributed by atoms with Crippen LogP contribution < -0.4 is 4.74 Å². The van der Waals surface area contributed by atoms with Crippen LogP contribution in [0.2, 0.25) is 0 Å². The van der Waals surface area contributed by atoms with E-state index in [-0.39, 0.29) is 10.2 Å². The zero-order chi connectivity index (χ0) is 13.4. The maximum Gasteiger partial charge on any atom is 0.126 e. The topological polar surface area (TPSA) is 9.23 Å². The lowest BCUT2D eigenvalue weighted by Crippen LogP contribution is -2.27. The quantitative estimate of drug-likeness (QED) is 0.745. The summed E-state index contributed by atoms with van der Waals surface area (Å²) < 4.78 is 6.47. The minimum absolute atomic E-state index is 0.171. The van der Waals surface area contributed by atoms with Crippen molar-refractivity contribution in [3.05, 3.63) is 65.7 Å². The lowest BCUT2D eigenvalue weighted by Gasteiger charge is -2.38. The average molecular weight is 300 g/mol. The molecule has 4 rings (SSSR count). The highest BCUT2D eigenvalue weighted by Crippen LogP contribution is 2.61. The Morgan fingerprint density at radius 3 is 2.40 bits per heavy atom. The molecule has 0 aromatic heterocycles. The molecule has 0 saturated carbocycles. The third-order valence-corrected chi connectivity index (χ3v) is 7.43. The molecule has 0 unspecified atom stereocenters.